The highest BCUT2D eigenvalue weighted by Crippen LogP contribution is 2.15. The molecule has 8 heteroatoms. The quantitative estimate of drug-likeness (QED) is 0.740. The van der Waals surface area contributed by atoms with E-state index in [0.29, 0.717) is 5.56 Å². The molecule has 0 saturated carbocycles. The molecule has 2 aromatic rings. The van der Waals surface area contributed by atoms with Gasteiger partial charge in [-0.2, -0.15) is 0 Å². The van der Waals surface area contributed by atoms with Gasteiger partial charge in [0.05, 0.1) is 0 Å². The minimum atomic E-state index is -0.886. The van der Waals surface area contributed by atoms with E-state index in [1.54, 1.807) is 37.3 Å². The van der Waals surface area contributed by atoms with Gasteiger partial charge in [0.2, 0.25) is 0 Å². The van der Waals surface area contributed by atoms with Crippen LogP contribution in [0.1, 0.15) is 24.9 Å². The van der Waals surface area contributed by atoms with Crippen LogP contribution in [0.3, 0.4) is 0 Å². The molecule has 22 heavy (non-hydrogen) atoms. The van der Waals surface area contributed by atoms with Gasteiger partial charge in [-0.1, -0.05) is 37.3 Å². The molecular formula is C14H15N3O5. The summed E-state index contributed by atoms with van der Waals surface area (Å²) in [7, 11) is 0. The Morgan fingerprint density at radius 2 is 1.73 bits per heavy atom. The van der Waals surface area contributed by atoms with Crippen molar-refractivity contribution in [3.05, 3.63) is 67.3 Å². The first kappa shape index (κ1) is 15.5. The molecule has 1 heterocycles. The molecular weight excluding hydrogens is 290 g/mol. The summed E-state index contributed by atoms with van der Waals surface area (Å²) in [5.41, 5.74) is -2.01. The first-order chi connectivity index (χ1) is 10.5. The predicted octanol–water partition coefficient (Wildman–Crippen LogP) is -0.232. The molecule has 0 aliphatic carbocycles. The van der Waals surface area contributed by atoms with Gasteiger partial charge in [0, 0.05) is 6.42 Å². The molecule has 116 valence electrons. The van der Waals surface area contributed by atoms with E-state index >= 15 is 0 Å². The number of carbonyl (C=O) groups is 1. The molecule has 0 saturated heterocycles. The number of aromatic amines is 2. The van der Waals surface area contributed by atoms with Crippen LogP contribution in [0.4, 0.5) is 0 Å². The Morgan fingerprint density at radius 3 is 2.27 bits per heavy atom. The topological polar surface area (TPSA) is 114 Å². The Hall–Kier alpha value is -2.90. The minimum absolute atomic E-state index is 0.179. The number of carbonyl (C=O) groups excluding carboxylic acids is 1. The molecule has 0 aliphatic heterocycles. The predicted molar refractivity (Wildman–Crippen MR) is 77.8 cm³/mol. The third kappa shape index (κ3) is 3.40. The number of hydrogen-bond acceptors (Lipinski definition) is 5. The normalized spacial score (nSPS) is 11.9. The summed E-state index contributed by atoms with van der Waals surface area (Å²) >= 11 is 0. The lowest BCUT2D eigenvalue weighted by Crippen LogP contribution is -2.46. The molecule has 8 nitrogen and oxygen atoms in total. The monoisotopic (exact) mass is 305 g/mol. The fourth-order valence-corrected chi connectivity index (χ4v) is 1.99. The van der Waals surface area contributed by atoms with Gasteiger partial charge in [0.15, 0.2) is 0 Å². The molecule has 2 N–H and O–H groups in total. The largest absolute Gasteiger partial charge is 0.463 e. The maximum Gasteiger partial charge on any atom is 0.334 e. The Balaban J connectivity index is 2.50. The van der Waals surface area contributed by atoms with Crippen molar-refractivity contribution in [1.29, 1.82) is 0 Å². The third-order valence-electron chi connectivity index (χ3n) is 3.07. The van der Waals surface area contributed by atoms with E-state index in [1.165, 1.54) is 0 Å². The van der Waals surface area contributed by atoms with E-state index < -0.39 is 29.1 Å². The zero-order chi connectivity index (χ0) is 16.1. The molecule has 0 bridgehead atoms. The average Bonchev–Trinajstić information content (AvgIpc) is 2.50. The van der Waals surface area contributed by atoms with Crippen LogP contribution < -0.4 is 17.1 Å². The van der Waals surface area contributed by atoms with Crippen LogP contribution in [0.25, 0.3) is 0 Å². The highest BCUT2D eigenvalue weighted by Gasteiger charge is 2.20. The average molecular weight is 305 g/mol. The standard InChI is InChI=1S/C14H15N3O5/c1-2-11(18)22-8-10(9-6-4-3-5-7-9)17-13(20)15-12(19)16-14(17)21/h3-7,10H,2,8H2,1H3,(H2,15,16,19,20,21). The van der Waals surface area contributed by atoms with Gasteiger partial charge in [-0.3, -0.25) is 14.8 Å². The van der Waals surface area contributed by atoms with Crippen molar-refractivity contribution in [2.45, 2.75) is 19.4 Å². The van der Waals surface area contributed by atoms with Crippen LogP contribution >= 0.6 is 0 Å². The number of benzene rings is 1. The first-order valence-corrected chi connectivity index (χ1v) is 6.68. The summed E-state index contributed by atoms with van der Waals surface area (Å²) in [4.78, 5) is 50.3. The van der Waals surface area contributed by atoms with E-state index in [2.05, 4.69) is 0 Å². The van der Waals surface area contributed by atoms with Crippen LogP contribution in [-0.2, 0) is 9.53 Å². The number of H-pyrrole nitrogens is 2. The minimum Gasteiger partial charge on any atom is -0.463 e. The highest BCUT2D eigenvalue weighted by molar-refractivity contribution is 5.68. The second-order valence-electron chi connectivity index (χ2n) is 4.52. The molecule has 2 rings (SSSR count). The summed E-state index contributed by atoms with van der Waals surface area (Å²) in [6.07, 6.45) is 0.179. The van der Waals surface area contributed by atoms with Crippen molar-refractivity contribution >= 4 is 5.97 Å². The van der Waals surface area contributed by atoms with Crippen molar-refractivity contribution in [3.8, 4) is 0 Å². The van der Waals surface area contributed by atoms with Crippen molar-refractivity contribution in [3.63, 3.8) is 0 Å². The lowest BCUT2D eigenvalue weighted by Gasteiger charge is -2.18. The van der Waals surface area contributed by atoms with Crippen LogP contribution in [0.15, 0.2) is 44.7 Å². The fourth-order valence-electron chi connectivity index (χ4n) is 1.99. The summed E-state index contributed by atoms with van der Waals surface area (Å²) in [6, 6.07) is 7.80. The Kier molecular flexibility index (Phi) is 4.72. The second kappa shape index (κ2) is 6.70. The molecule has 1 unspecified atom stereocenters. The summed E-state index contributed by atoms with van der Waals surface area (Å²) in [6.45, 7) is 1.45. The van der Waals surface area contributed by atoms with Gasteiger partial charge < -0.3 is 4.74 Å². The van der Waals surface area contributed by atoms with Gasteiger partial charge in [0.1, 0.15) is 12.6 Å². The van der Waals surface area contributed by atoms with Gasteiger partial charge >= 0.3 is 23.0 Å². The molecule has 0 radical (unpaired) electrons. The Labute approximate surface area is 124 Å². The van der Waals surface area contributed by atoms with Crippen molar-refractivity contribution in [1.82, 2.24) is 14.5 Å². The molecule has 1 aromatic carbocycles. The maximum absolute atomic E-state index is 11.9. The number of hydrogen-bond donors (Lipinski definition) is 2. The fraction of sp³-hybridized carbons (Fsp3) is 0.286. The van der Waals surface area contributed by atoms with Gasteiger partial charge in [0.25, 0.3) is 0 Å². The van der Waals surface area contributed by atoms with Crippen molar-refractivity contribution < 1.29 is 9.53 Å². The van der Waals surface area contributed by atoms with E-state index in [9.17, 15) is 19.2 Å². The molecule has 0 aliphatic rings. The zero-order valence-electron chi connectivity index (χ0n) is 11.9. The summed E-state index contributed by atoms with van der Waals surface area (Å²) in [5, 5.41) is 0. The molecule has 1 aromatic heterocycles. The third-order valence-corrected chi connectivity index (χ3v) is 3.07. The number of rotatable bonds is 5. The maximum atomic E-state index is 11.9. The number of nitrogens with one attached hydrogen (secondary N) is 2. The van der Waals surface area contributed by atoms with Crippen LogP contribution in [0, 0.1) is 0 Å². The number of esters is 1. The van der Waals surface area contributed by atoms with E-state index in [0.717, 1.165) is 4.57 Å². The summed E-state index contributed by atoms with van der Waals surface area (Å²) in [5.74, 6) is -0.449. The zero-order valence-corrected chi connectivity index (χ0v) is 11.9. The molecule has 1 atom stereocenters. The summed E-state index contributed by atoms with van der Waals surface area (Å²) < 4.78 is 5.88. The molecule has 0 spiro atoms. The molecule has 0 amide bonds. The Morgan fingerprint density at radius 1 is 1.14 bits per heavy atom. The van der Waals surface area contributed by atoms with E-state index in [-0.39, 0.29) is 13.0 Å². The first-order valence-electron chi connectivity index (χ1n) is 6.68. The number of nitrogens with zero attached hydrogens (tertiary/aromatic N) is 1. The van der Waals surface area contributed by atoms with Gasteiger partial charge in [-0.15, -0.1) is 0 Å². The van der Waals surface area contributed by atoms with Gasteiger partial charge in [-0.05, 0) is 5.56 Å². The molecule has 0 fully saturated rings. The van der Waals surface area contributed by atoms with Crippen molar-refractivity contribution in [2.75, 3.05) is 6.61 Å². The van der Waals surface area contributed by atoms with E-state index in [1.807, 2.05) is 9.97 Å². The SMILES string of the molecule is CCC(=O)OCC(c1ccccc1)n1c(=O)[nH]c(=O)[nH]c1=O. The smallest absolute Gasteiger partial charge is 0.334 e. The lowest BCUT2D eigenvalue weighted by atomic mass is 10.1. The van der Waals surface area contributed by atoms with Crippen LogP contribution in [0.5, 0.6) is 0 Å². The van der Waals surface area contributed by atoms with E-state index in [4.69, 9.17) is 4.74 Å². The van der Waals surface area contributed by atoms with Crippen LogP contribution in [-0.4, -0.2) is 27.1 Å². The van der Waals surface area contributed by atoms with Crippen molar-refractivity contribution in [2.24, 2.45) is 0 Å². The highest BCUT2D eigenvalue weighted by atomic mass is 16.5. The second-order valence-corrected chi connectivity index (χ2v) is 4.52. The van der Waals surface area contributed by atoms with Crippen LogP contribution in [0.2, 0.25) is 0 Å². The number of ether oxygens (including phenoxy) is 1. The number of aromatic nitrogens is 3. The lowest BCUT2D eigenvalue weighted by molar-refractivity contribution is -0.144. The Bertz CT molecular complexity index is 784. The van der Waals surface area contributed by atoms with Gasteiger partial charge in [-0.25, -0.2) is 19.0 Å².